The highest BCUT2D eigenvalue weighted by Gasteiger charge is 2.15. The van der Waals surface area contributed by atoms with Crippen LogP contribution in [0.1, 0.15) is 12.8 Å². The number of pyridine rings is 1. The Hall–Kier alpha value is -2.21. The monoisotopic (exact) mass is 285 g/mol. The first-order valence-electron chi connectivity index (χ1n) is 7.18. The minimum atomic E-state index is 0.280. The van der Waals surface area contributed by atoms with Crippen LogP contribution in [0, 0.1) is 0 Å². The summed E-state index contributed by atoms with van der Waals surface area (Å²) < 4.78 is 5.62. The van der Waals surface area contributed by atoms with Crippen LogP contribution in [-0.4, -0.2) is 41.3 Å². The van der Waals surface area contributed by atoms with E-state index in [-0.39, 0.29) is 6.10 Å². The van der Waals surface area contributed by atoms with Crippen LogP contribution in [0.2, 0.25) is 0 Å². The van der Waals surface area contributed by atoms with Crippen molar-refractivity contribution >= 4 is 11.8 Å². The largest absolute Gasteiger partial charge is 0.376 e. The van der Waals surface area contributed by atoms with Gasteiger partial charge in [0.1, 0.15) is 5.82 Å². The summed E-state index contributed by atoms with van der Waals surface area (Å²) in [6.45, 7) is 1.64. The number of rotatable bonds is 5. The summed E-state index contributed by atoms with van der Waals surface area (Å²) in [5, 5.41) is 6.34. The van der Waals surface area contributed by atoms with Gasteiger partial charge in [-0.1, -0.05) is 0 Å². The molecule has 2 aromatic rings. The number of aromatic nitrogens is 3. The topological polar surface area (TPSA) is 72.0 Å². The number of anilines is 2. The maximum Gasteiger partial charge on any atom is 0.224 e. The second kappa shape index (κ2) is 6.49. The molecule has 1 saturated heterocycles. The van der Waals surface area contributed by atoms with E-state index < -0.39 is 0 Å². The van der Waals surface area contributed by atoms with Crippen LogP contribution in [0.15, 0.2) is 30.6 Å². The van der Waals surface area contributed by atoms with Crippen LogP contribution >= 0.6 is 0 Å². The van der Waals surface area contributed by atoms with Gasteiger partial charge in [-0.2, -0.15) is 4.98 Å². The summed E-state index contributed by atoms with van der Waals surface area (Å²) in [6, 6.07) is 5.82. The van der Waals surface area contributed by atoms with Gasteiger partial charge in [-0.05, 0) is 25.0 Å². The molecular weight excluding hydrogens is 266 g/mol. The van der Waals surface area contributed by atoms with Crippen molar-refractivity contribution in [2.24, 2.45) is 0 Å². The molecule has 2 N–H and O–H groups in total. The highest BCUT2D eigenvalue weighted by molar-refractivity contribution is 5.63. The molecule has 1 atom stereocenters. The van der Waals surface area contributed by atoms with E-state index in [4.69, 9.17) is 4.74 Å². The lowest BCUT2D eigenvalue weighted by Gasteiger charge is -2.13. The van der Waals surface area contributed by atoms with Gasteiger partial charge < -0.3 is 15.4 Å². The summed E-state index contributed by atoms with van der Waals surface area (Å²) >= 11 is 0. The van der Waals surface area contributed by atoms with Crippen molar-refractivity contribution in [3.63, 3.8) is 0 Å². The van der Waals surface area contributed by atoms with Crippen molar-refractivity contribution in [2.75, 3.05) is 30.8 Å². The first kappa shape index (κ1) is 13.8. The zero-order chi connectivity index (χ0) is 14.5. The van der Waals surface area contributed by atoms with Gasteiger partial charge in [-0.25, -0.2) is 4.98 Å². The van der Waals surface area contributed by atoms with Gasteiger partial charge in [-0.15, -0.1) is 0 Å². The van der Waals surface area contributed by atoms with Crippen molar-refractivity contribution in [3.05, 3.63) is 30.6 Å². The van der Waals surface area contributed by atoms with Crippen molar-refractivity contribution in [1.82, 2.24) is 15.0 Å². The van der Waals surface area contributed by atoms with Crippen LogP contribution in [0.3, 0.4) is 0 Å². The average Bonchev–Trinajstić information content (AvgIpc) is 3.07. The van der Waals surface area contributed by atoms with Gasteiger partial charge in [0, 0.05) is 44.2 Å². The summed E-state index contributed by atoms with van der Waals surface area (Å²) in [6.07, 6.45) is 6.04. The summed E-state index contributed by atoms with van der Waals surface area (Å²) in [5.74, 6) is 1.40. The molecule has 0 saturated carbocycles. The molecule has 6 nitrogen and oxygen atoms in total. The SMILES string of the molecule is CNc1nc(NC[C@H]2CCCO2)cc(-c2ccncc2)n1. The van der Waals surface area contributed by atoms with E-state index >= 15 is 0 Å². The fourth-order valence-electron chi connectivity index (χ4n) is 2.34. The van der Waals surface area contributed by atoms with Crippen LogP contribution in [0.5, 0.6) is 0 Å². The molecule has 3 rings (SSSR count). The summed E-state index contributed by atoms with van der Waals surface area (Å²) in [4.78, 5) is 12.9. The van der Waals surface area contributed by atoms with E-state index in [0.29, 0.717) is 5.95 Å². The van der Waals surface area contributed by atoms with Crippen LogP contribution in [0.25, 0.3) is 11.3 Å². The normalized spacial score (nSPS) is 17.7. The molecule has 0 bridgehead atoms. The first-order valence-corrected chi connectivity index (χ1v) is 7.18. The number of nitrogens with zero attached hydrogens (tertiary/aromatic N) is 3. The van der Waals surface area contributed by atoms with Crippen molar-refractivity contribution in [3.8, 4) is 11.3 Å². The molecule has 1 fully saturated rings. The summed E-state index contributed by atoms with van der Waals surface area (Å²) in [5.41, 5.74) is 1.88. The first-order chi connectivity index (χ1) is 10.3. The Morgan fingerprint density at radius 1 is 1.29 bits per heavy atom. The molecule has 0 spiro atoms. The third-order valence-corrected chi connectivity index (χ3v) is 3.46. The minimum absolute atomic E-state index is 0.280. The molecule has 3 heterocycles. The van der Waals surface area contributed by atoms with E-state index in [9.17, 15) is 0 Å². The molecule has 0 unspecified atom stereocenters. The van der Waals surface area contributed by atoms with Gasteiger partial charge in [0.05, 0.1) is 11.8 Å². The number of nitrogens with one attached hydrogen (secondary N) is 2. The number of ether oxygens (including phenoxy) is 1. The minimum Gasteiger partial charge on any atom is -0.376 e. The Morgan fingerprint density at radius 2 is 2.14 bits per heavy atom. The van der Waals surface area contributed by atoms with E-state index in [2.05, 4.69) is 25.6 Å². The predicted molar refractivity (Wildman–Crippen MR) is 82.3 cm³/mol. The Kier molecular flexibility index (Phi) is 4.25. The quantitative estimate of drug-likeness (QED) is 0.877. The molecule has 6 heteroatoms. The lowest BCUT2D eigenvalue weighted by molar-refractivity contribution is 0.120. The fraction of sp³-hybridized carbons (Fsp3) is 0.400. The number of hydrogen-bond donors (Lipinski definition) is 2. The Balaban J connectivity index is 1.79. The molecule has 0 aliphatic carbocycles. The third-order valence-electron chi connectivity index (χ3n) is 3.46. The van der Waals surface area contributed by atoms with Gasteiger partial charge >= 0.3 is 0 Å². The van der Waals surface area contributed by atoms with Gasteiger partial charge in [0.15, 0.2) is 0 Å². The molecular formula is C15H19N5O. The Labute approximate surface area is 124 Å². The Bertz CT molecular complexity index is 584. The smallest absolute Gasteiger partial charge is 0.224 e. The van der Waals surface area contributed by atoms with Gasteiger partial charge in [-0.3, -0.25) is 4.98 Å². The maximum atomic E-state index is 5.62. The molecule has 0 aromatic carbocycles. The standard InChI is InChI=1S/C15H19N5O/c1-16-15-19-13(11-4-6-17-7-5-11)9-14(20-15)18-10-12-3-2-8-21-12/h4-7,9,12H,2-3,8,10H2,1H3,(H2,16,18,19,20)/t12-/m1/s1. The van der Waals surface area contributed by atoms with Crippen molar-refractivity contribution in [1.29, 1.82) is 0 Å². The van der Waals surface area contributed by atoms with Gasteiger partial charge in [0.2, 0.25) is 5.95 Å². The molecule has 2 aromatic heterocycles. The molecule has 1 aliphatic heterocycles. The fourth-order valence-corrected chi connectivity index (χ4v) is 2.34. The third kappa shape index (κ3) is 3.46. The van der Waals surface area contributed by atoms with Crippen LogP contribution in [-0.2, 0) is 4.74 Å². The second-order valence-corrected chi connectivity index (χ2v) is 4.96. The van der Waals surface area contributed by atoms with E-state index in [1.54, 1.807) is 12.4 Å². The second-order valence-electron chi connectivity index (χ2n) is 4.96. The molecule has 110 valence electrons. The Morgan fingerprint density at radius 3 is 2.86 bits per heavy atom. The van der Waals surface area contributed by atoms with Gasteiger partial charge in [0.25, 0.3) is 0 Å². The summed E-state index contributed by atoms with van der Waals surface area (Å²) in [7, 11) is 1.82. The lowest BCUT2D eigenvalue weighted by atomic mass is 10.2. The maximum absolute atomic E-state index is 5.62. The molecule has 0 radical (unpaired) electrons. The van der Waals surface area contributed by atoms with E-state index in [0.717, 1.165) is 43.1 Å². The zero-order valence-electron chi connectivity index (χ0n) is 12.0. The van der Waals surface area contributed by atoms with E-state index in [1.807, 2.05) is 25.2 Å². The highest BCUT2D eigenvalue weighted by atomic mass is 16.5. The van der Waals surface area contributed by atoms with Crippen molar-refractivity contribution < 1.29 is 4.74 Å². The highest BCUT2D eigenvalue weighted by Crippen LogP contribution is 2.21. The van der Waals surface area contributed by atoms with Crippen LogP contribution < -0.4 is 10.6 Å². The predicted octanol–water partition coefficient (Wildman–Crippen LogP) is 2.17. The molecule has 21 heavy (non-hydrogen) atoms. The van der Waals surface area contributed by atoms with Crippen LogP contribution in [0.4, 0.5) is 11.8 Å². The van der Waals surface area contributed by atoms with E-state index in [1.165, 1.54) is 0 Å². The molecule has 1 aliphatic rings. The number of hydrogen-bond acceptors (Lipinski definition) is 6. The lowest BCUT2D eigenvalue weighted by Crippen LogP contribution is -2.19. The molecule has 0 amide bonds. The average molecular weight is 285 g/mol. The zero-order valence-corrected chi connectivity index (χ0v) is 12.0. The van der Waals surface area contributed by atoms with Crippen molar-refractivity contribution in [2.45, 2.75) is 18.9 Å².